The van der Waals surface area contributed by atoms with Crippen molar-refractivity contribution in [2.24, 2.45) is 0 Å². The number of aryl methyl sites for hydroxylation is 2. The van der Waals surface area contributed by atoms with E-state index in [2.05, 4.69) is 67.4 Å². The van der Waals surface area contributed by atoms with Crippen molar-refractivity contribution in [1.82, 2.24) is 4.98 Å². The van der Waals surface area contributed by atoms with Gasteiger partial charge in [0.15, 0.2) is 0 Å². The highest BCUT2D eigenvalue weighted by Crippen LogP contribution is 2.35. The van der Waals surface area contributed by atoms with Crippen LogP contribution in [0.5, 0.6) is 0 Å². The van der Waals surface area contributed by atoms with E-state index in [9.17, 15) is 0 Å². The van der Waals surface area contributed by atoms with Gasteiger partial charge in [0.05, 0.1) is 5.69 Å². The fourth-order valence-electron chi connectivity index (χ4n) is 3.27. The molecule has 0 atom stereocenters. The van der Waals surface area contributed by atoms with Crippen LogP contribution in [0.15, 0.2) is 59.1 Å². The molecule has 0 aliphatic carbocycles. The lowest BCUT2D eigenvalue weighted by atomic mass is 10.0. The van der Waals surface area contributed by atoms with Gasteiger partial charge in [0.1, 0.15) is 11.2 Å². The molecule has 24 heavy (non-hydrogen) atoms. The maximum atomic E-state index is 6.17. The highest BCUT2D eigenvalue weighted by atomic mass is 16.3. The number of para-hydroxylation sites is 1. The fourth-order valence-corrected chi connectivity index (χ4v) is 3.27. The van der Waals surface area contributed by atoms with E-state index >= 15 is 0 Å². The Morgan fingerprint density at radius 1 is 1.00 bits per heavy atom. The van der Waals surface area contributed by atoms with E-state index in [4.69, 9.17) is 4.42 Å². The zero-order valence-electron chi connectivity index (χ0n) is 14.2. The van der Waals surface area contributed by atoms with Crippen LogP contribution in [-0.4, -0.2) is 4.98 Å². The van der Waals surface area contributed by atoms with E-state index in [0.29, 0.717) is 0 Å². The Morgan fingerprint density at radius 2 is 1.92 bits per heavy atom. The van der Waals surface area contributed by atoms with Crippen molar-refractivity contribution in [3.05, 3.63) is 65.9 Å². The number of hydrogen-bond donors (Lipinski definition) is 0. The summed E-state index contributed by atoms with van der Waals surface area (Å²) in [5, 5.41) is 2.33. The van der Waals surface area contributed by atoms with Crippen molar-refractivity contribution in [3.63, 3.8) is 0 Å². The molecule has 4 aromatic rings. The summed E-state index contributed by atoms with van der Waals surface area (Å²) in [5.41, 5.74) is 6.51. The summed E-state index contributed by atoms with van der Waals surface area (Å²) < 4.78 is 6.17. The molecule has 0 radical (unpaired) electrons. The number of unbranched alkanes of at least 4 members (excludes halogenated alkanes) is 1. The smallest absolute Gasteiger partial charge is 0.144 e. The molecule has 0 N–H and O–H groups in total. The lowest BCUT2D eigenvalue weighted by Crippen LogP contribution is -1.89. The first-order valence-corrected chi connectivity index (χ1v) is 8.63. The van der Waals surface area contributed by atoms with Crippen LogP contribution in [0, 0.1) is 6.92 Å². The van der Waals surface area contributed by atoms with Crippen LogP contribution in [-0.2, 0) is 6.42 Å². The monoisotopic (exact) mass is 315 g/mol. The van der Waals surface area contributed by atoms with Crippen LogP contribution >= 0.6 is 0 Å². The summed E-state index contributed by atoms with van der Waals surface area (Å²) in [7, 11) is 0. The van der Waals surface area contributed by atoms with Crippen LogP contribution in [0.2, 0.25) is 0 Å². The zero-order valence-corrected chi connectivity index (χ0v) is 14.2. The van der Waals surface area contributed by atoms with Gasteiger partial charge in [-0.3, -0.25) is 4.98 Å². The third-order valence-corrected chi connectivity index (χ3v) is 4.57. The van der Waals surface area contributed by atoms with Gasteiger partial charge in [-0.25, -0.2) is 0 Å². The number of hydrogen-bond acceptors (Lipinski definition) is 2. The molecule has 120 valence electrons. The normalized spacial score (nSPS) is 11.4. The van der Waals surface area contributed by atoms with E-state index < -0.39 is 0 Å². The number of fused-ring (bicyclic) bond motifs is 3. The first-order valence-electron chi connectivity index (χ1n) is 8.63. The molecular formula is C22H21NO. The summed E-state index contributed by atoms with van der Waals surface area (Å²) in [5.74, 6) is 0. The third-order valence-electron chi connectivity index (χ3n) is 4.57. The first-order chi connectivity index (χ1) is 11.8. The second kappa shape index (κ2) is 6.12. The van der Waals surface area contributed by atoms with Gasteiger partial charge in [0.25, 0.3) is 0 Å². The molecule has 2 heterocycles. The molecule has 0 aliphatic heterocycles. The van der Waals surface area contributed by atoms with E-state index in [1.54, 1.807) is 0 Å². The summed E-state index contributed by atoms with van der Waals surface area (Å²) in [4.78, 5) is 4.60. The Kier molecular flexibility index (Phi) is 3.81. The molecule has 0 aliphatic rings. The minimum absolute atomic E-state index is 0.929. The average Bonchev–Trinajstić information content (AvgIpc) is 2.98. The topological polar surface area (TPSA) is 26.0 Å². The Labute approximate surface area is 142 Å². The molecule has 2 nitrogen and oxygen atoms in total. The molecule has 0 saturated carbocycles. The summed E-state index contributed by atoms with van der Waals surface area (Å²) in [6.45, 7) is 4.33. The van der Waals surface area contributed by atoms with E-state index in [0.717, 1.165) is 34.2 Å². The van der Waals surface area contributed by atoms with Gasteiger partial charge in [-0.05, 0) is 55.7 Å². The Hall–Kier alpha value is -2.61. The van der Waals surface area contributed by atoms with E-state index in [1.807, 2.05) is 6.20 Å². The number of rotatable bonds is 4. The maximum absolute atomic E-state index is 6.17. The zero-order chi connectivity index (χ0) is 16.5. The minimum atomic E-state index is 0.929. The molecule has 0 fully saturated rings. The van der Waals surface area contributed by atoms with Gasteiger partial charge in [0, 0.05) is 22.5 Å². The molecule has 0 saturated heterocycles. The fraction of sp³-hybridized carbons (Fsp3) is 0.227. The largest absolute Gasteiger partial charge is 0.455 e. The predicted octanol–water partition coefficient (Wildman–Crippen LogP) is 6.30. The van der Waals surface area contributed by atoms with Gasteiger partial charge in [0.2, 0.25) is 0 Å². The number of aromatic nitrogens is 1. The van der Waals surface area contributed by atoms with Crippen molar-refractivity contribution in [2.75, 3.05) is 0 Å². The van der Waals surface area contributed by atoms with E-state index in [1.165, 1.54) is 29.4 Å². The number of pyridine rings is 1. The molecular weight excluding hydrogens is 294 g/mol. The van der Waals surface area contributed by atoms with Crippen molar-refractivity contribution in [2.45, 2.75) is 33.1 Å². The number of furan rings is 1. The van der Waals surface area contributed by atoms with Gasteiger partial charge >= 0.3 is 0 Å². The van der Waals surface area contributed by atoms with Crippen molar-refractivity contribution >= 4 is 21.9 Å². The van der Waals surface area contributed by atoms with Crippen LogP contribution in [0.3, 0.4) is 0 Å². The second-order valence-corrected chi connectivity index (χ2v) is 6.44. The standard InChI is InChI=1S/C22H21NO/c1-3-4-6-16-11-12-23-20(14-16)18-8-5-7-17-19-13-15(2)9-10-21(19)24-22(17)18/h5,7-14H,3-4,6H2,1-2H3. The molecule has 0 bridgehead atoms. The van der Waals surface area contributed by atoms with Crippen molar-refractivity contribution < 1.29 is 4.42 Å². The van der Waals surface area contributed by atoms with Gasteiger partial charge < -0.3 is 4.42 Å². The molecule has 2 aromatic carbocycles. The first kappa shape index (κ1) is 14.9. The Bertz CT molecular complexity index is 1010. The van der Waals surface area contributed by atoms with Gasteiger partial charge in [-0.1, -0.05) is 37.1 Å². The highest BCUT2D eigenvalue weighted by molar-refractivity contribution is 6.09. The van der Waals surface area contributed by atoms with Crippen molar-refractivity contribution in [3.8, 4) is 11.3 Å². The number of nitrogens with zero attached hydrogens (tertiary/aromatic N) is 1. The summed E-state index contributed by atoms with van der Waals surface area (Å²) in [6.07, 6.45) is 5.42. The lowest BCUT2D eigenvalue weighted by molar-refractivity contribution is 0.669. The minimum Gasteiger partial charge on any atom is -0.455 e. The summed E-state index contributed by atoms with van der Waals surface area (Å²) >= 11 is 0. The molecule has 2 aromatic heterocycles. The Balaban J connectivity index is 1.89. The van der Waals surface area contributed by atoms with Gasteiger partial charge in [-0.15, -0.1) is 0 Å². The third kappa shape index (κ3) is 2.58. The van der Waals surface area contributed by atoms with E-state index in [-0.39, 0.29) is 0 Å². The highest BCUT2D eigenvalue weighted by Gasteiger charge is 2.13. The number of benzene rings is 2. The van der Waals surface area contributed by atoms with Crippen LogP contribution in [0.4, 0.5) is 0 Å². The van der Waals surface area contributed by atoms with Crippen molar-refractivity contribution in [1.29, 1.82) is 0 Å². The molecule has 4 rings (SSSR count). The second-order valence-electron chi connectivity index (χ2n) is 6.44. The average molecular weight is 315 g/mol. The van der Waals surface area contributed by atoms with Crippen LogP contribution in [0.25, 0.3) is 33.2 Å². The SMILES string of the molecule is CCCCc1ccnc(-c2cccc3c2oc2ccc(C)cc23)c1. The molecule has 0 spiro atoms. The van der Waals surface area contributed by atoms with Gasteiger partial charge in [-0.2, -0.15) is 0 Å². The van der Waals surface area contributed by atoms with Crippen LogP contribution in [0.1, 0.15) is 30.9 Å². The quantitative estimate of drug-likeness (QED) is 0.442. The molecule has 0 unspecified atom stereocenters. The summed E-state index contributed by atoms with van der Waals surface area (Å²) in [6, 6.07) is 17.0. The Morgan fingerprint density at radius 3 is 2.79 bits per heavy atom. The lowest BCUT2D eigenvalue weighted by Gasteiger charge is -2.05. The molecule has 0 amide bonds. The predicted molar refractivity (Wildman–Crippen MR) is 100 cm³/mol. The molecule has 2 heteroatoms. The maximum Gasteiger partial charge on any atom is 0.144 e. The van der Waals surface area contributed by atoms with Crippen LogP contribution < -0.4 is 0 Å².